The minimum Gasteiger partial charge on any atom is -0.323 e. The average Bonchev–Trinajstić information content (AvgIpc) is 3.46. The fourth-order valence-corrected chi connectivity index (χ4v) is 2.92. The van der Waals surface area contributed by atoms with Gasteiger partial charge in [-0.15, -0.1) is 0 Å². The van der Waals surface area contributed by atoms with Gasteiger partial charge in [0.05, 0.1) is 23.5 Å². The molecule has 0 spiro atoms. The van der Waals surface area contributed by atoms with Gasteiger partial charge in [-0.05, 0) is 30.5 Å². The Morgan fingerprint density at radius 1 is 0.960 bits per heavy atom. The summed E-state index contributed by atoms with van der Waals surface area (Å²) >= 11 is 0. The number of rotatable bonds is 4. The first-order valence-electron chi connectivity index (χ1n) is 8.12. The number of nitrogens with one attached hydrogen (secondary N) is 1. The highest BCUT2D eigenvalue weighted by atomic mass is 19.1. The van der Waals surface area contributed by atoms with E-state index >= 15 is 0 Å². The van der Waals surface area contributed by atoms with Crippen LogP contribution in [0, 0.1) is 5.82 Å². The third kappa shape index (κ3) is 3.01. The first-order chi connectivity index (χ1) is 12.2. The number of carbonyl (C=O) groups excluding carboxylic acids is 1. The van der Waals surface area contributed by atoms with Crippen molar-refractivity contribution in [1.29, 1.82) is 0 Å². The number of carbonyl (C=O) groups is 1. The molecule has 2 aromatic carbocycles. The highest BCUT2D eigenvalue weighted by Gasteiger charge is 2.51. The van der Waals surface area contributed by atoms with Crippen molar-refractivity contribution in [2.45, 2.75) is 18.3 Å². The smallest absolute Gasteiger partial charge is 0.235 e. The number of aromatic nitrogens is 2. The molecule has 0 atom stereocenters. The number of hydrogen-bond donors (Lipinski definition) is 1. The molecule has 1 aliphatic carbocycles. The van der Waals surface area contributed by atoms with Crippen LogP contribution in [0.3, 0.4) is 0 Å². The molecule has 5 heteroatoms. The molecule has 124 valence electrons. The summed E-state index contributed by atoms with van der Waals surface area (Å²) in [4.78, 5) is 21.3. The second-order valence-corrected chi connectivity index (χ2v) is 6.20. The Morgan fingerprint density at radius 2 is 1.60 bits per heavy atom. The lowest BCUT2D eigenvalue weighted by Gasteiger charge is -2.15. The van der Waals surface area contributed by atoms with Crippen molar-refractivity contribution in [1.82, 2.24) is 9.97 Å². The summed E-state index contributed by atoms with van der Waals surface area (Å²) in [6, 6.07) is 15.8. The van der Waals surface area contributed by atoms with Crippen LogP contribution in [0.1, 0.15) is 18.4 Å². The van der Waals surface area contributed by atoms with E-state index < -0.39 is 5.41 Å². The average molecular weight is 333 g/mol. The van der Waals surface area contributed by atoms with Crippen LogP contribution < -0.4 is 5.32 Å². The fourth-order valence-electron chi connectivity index (χ4n) is 2.92. The standard InChI is InChI=1S/C20H16FN3O/c21-16-8-6-15(7-9-16)20(10-11-20)19(25)24-17-12-22-18(23-13-17)14-4-2-1-3-5-14/h1-9,12-13H,10-11H2,(H,24,25). The Morgan fingerprint density at radius 3 is 2.20 bits per heavy atom. The summed E-state index contributed by atoms with van der Waals surface area (Å²) in [6.45, 7) is 0. The molecule has 1 heterocycles. The zero-order chi connectivity index (χ0) is 17.3. The number of nitrogens with zero attached hydrogens (tertiary/aromatic N) is 2. The van der Waals surface area contributed by atoms with E-state index in [2.05, 4.69) is 15.3 Å². The molecule has 1 amide bonds. The summed E-state index contributed by atoms with van der Waals surface area (Å²) in [7, 11) is 0. The molecule has 1 aliphatic rings. The van der Waals surface area contributed by atoms with Crippen molar-refractivity contribution in [3.05, 3.63) is 78.4 Å². The van der Waals surface area contributed by atoms with Crippen LogP contribution in [0.15, 0.2) is 67.0 Å². The maximum Gasteiger partial charge on any atom is 0.235 e. The lowest BCUT2D eigenvalue weighted by atomic mass is 9.95. The minimum absolute atomic E-state index is 0.102. The van der Waals surface area contributed by atoms with Gasteiger partial charge in [0.1, 0.15) is 5.82 Å². The van der Waals surface area contributed by atoms with Crippen LogP contribution in [0.4, 0.5) is 10.1 Å². The predicted octanol–water partition coefficient (Wildman–Crippen LogP) is 3.95. The van der Waals surface area contributed by atoms with E-state index in [0.29, 0.717) is 11.5 Å². The fraction of sp³-hybridized carbons (Fsp3) is 0.150. The summed E-state index contributed by atoms with van der Waals surface area (Å²) in [5.41, 5.74) is 1.75. The maximum absolute atomic E-state index is 13.1. The van der Waals surface area contributed by atoms with Gasteiger partial charge in [-0.2, -0.15) is 0 Å². The zero-order valence-corrected chi connectivity index (χ0v) is 13.4. The molecule has 0 aliphatic heterocycles. The summed E-state index contributed by atoms with van der Waals surface area (Å²) in [5, 5.41) is 2.88. The zero-order valence-electron chi connectivity index (χ0n) is 13.4. The lowest BCUT2D eigenvalue weighted by molar-refractivity contribution is -0.118. The summed E-state index contributed by atoms with van der Waals surface area (Å²) < 4.78 is 13.1. The van der Waals surface area contributed by atoms with Gasteiger partial charge in [0.15, 0.2) is 5.82 Å². The molecule has 1 aromatic heterocycles. The number of amides is 1. The van der Waals surface area contributed by atoms with Crippen molar-refractivity contribution in [3.8, 4) is 11.4 Å². The van der Waals surface area contributed by atoms with Crippen LogP contribution in [-0.2, 0) is 10.2 Å². The van der Waals surface area contributed by atoms with Crippen molar-refractivity contribution >= 4 is 11.6 Å². The molecule has 1 N–H and O–H groups in total. The van der Waals surface area contributed by atoms with Crippen molar-refractivity contribution in [3.63, 3.8) is 0 Å². The van der Waals surface area contributed by atoms with Gasteiger partial charge in [0, 0.05) is 5.56 Å². The quantitative estimate of drug-likeness (QED) is 0.786. The SMILES string of the molecule is O=C(Nc1cnc(-c2ccccc2)nc1)C1(c2ccc(F)cc2)CC1. The Kier molecular flexibility index (Phi) is 3.76. The van der Waals surface area contributed by atoms with Gasteiger partial charge in [0.2, 0.25) is 5.91 Å². The normalized spacial score (nSPS) is 14.8. The number of halogens is 1. The Balaban J connectivity index is 1.50. The molecule has 0 bridgehead atoms. The van der Waals surface area contributed by atoms with E-state index in [-0.39, 0.29) is 11.7 Å². The van der Waals surface area contributed by atoms with Crippen LogP contribution in [-0.4, -0.2) is 15.9 Å². The van der Waals surface area contributed by atoms with Crippen molar-refractivity contribution in [2.24, 2.45) is 0 Å². The molecule has 3 aromatic rings. The highest BCUT2D eigenvalue weighted by Crippen LogP contribution is 2.49. The second kappa shape index (κ2) is 6.09. The molecular formula is C20H16FN3O. The van der Waals surface area contributed by atoms with Gasteiger partial charge in [0.25, 0.3) is 0 Å². The van der Waals surface area contributed by atoms with E-state index in [4.69, 9.17) is 0 Å². The third-order valence-corrected chi connectivity index (χ3v) is 4.52. The Bertz CT molecular complexity index is 888. The molecule has 4 nitrogen and oxygen atoms in total. The van der Waals surface area contributed by atoms with Crippen molar-refractivity contribution < 1.29 is 9.18 Å². The van der Waals surface area contributed by atoms with Crippen LogP contribution in [0.2, 0.25) is 0 Å². The third-order valence-electron chi connectivity index (χ3n) is 4.52. The number of benzene rings is 2. The van der Waals surface area contributed by atoms with E-state index in [0.717, 1.165) is 24.0 Å². The van der Waals surface area contributed by atoms with Gasteiger partial charge in [-0.1, -0.05) is 42.5 Å². The second-order valence-electron chi connectivity index (χ2n) is 6.20. The molecule has 1 saturated carbocycles. The molecule has 0 unspecified atom stereocenters. The van der Waals surface area contributed by atoms with Gasteiger partial charge >= 0.3 is 0 Å². The topological polar surface area (TPSA) is 54.9 Å². The van der Waals surface area contributed by atoms with E-state index in [1.165, 1.54) is 12.1 Å². The Labute approximate surface area is 144 Å². The number of anilines is 1. The van der Waals surface area contributed by atoms with Crippen LogP contribution in [0.5, 0.6) is 0 Å². The highest BCUT2D eigenvalue weighted by molar-refractivity contribution is 6.01. The summed E-state index contributed by atoms with van der Waals surface area (Å²) in [5.74, 6) is 0.207. The van der Waals surface area contributed by atoms with Crippen LogP contribution >= 0.6 is 0 Å². The van der Waals surface area contributed by atoms with Gasteiger partial charge < -0.3 is 5.32 Å². The first kappa shape index (κ1) is 15.4. The molecule has 1 fully saturated rings. The van der Waals surface area contributed by atoms with E-state index in [1.807, 2.05) is 30.3 Å². The number of hydrogen-bond acceptors (Lipinski definition) is 3. The predicted molar refractivity (Wildman–Crippen MR) is 93.4 cm³/mol. The summed E-state index contributed by atoms with van der Waals surface area (Å²) in [6.07, 6.45) is 4.72. The van der Waals surface area contributed by atoms with E-state index in [1.54, 1.807) is 24.5 Å². The van der Waals surface area contributed by atoms with Crippen molar-refractivity contribution in [2.75, 3.05) is 5.32 Å². The molecule has 25 heavy (non-hydrogen) atoms. The molecular weight excluding hydrogens is 317 g/mol. The Hall–Kier alpha value is -3.08. The van der Waals surface area contributed by atoms with Crippen LogP contribution in [0.25, 0.3) is 11.4 Å². The van der Waals surface area contributed by atoms with E-state index in [9.17, 15) is 9.18 Å². The first-order valence-corrected chi connectivity index (χ1v) is 8.12. The van der Waals surface area contributed by atoms with Gasteiger partial charge in [-0.3, -0.25) is 4.79 Å². The molecule has 0 radical (unpaired) electrons. The minimum atomic E-state index is -0.564. The van der Waals surface area contributed by atoms with Gasteiger partial charge in [-0.25, -0.2) is 14.4 Å². The maximum atomic E-state index is 13.1. The largest absolute Gasteiger partial charge is 0.323 e. The monoisotopic (exact) mass is 333 g/mol. The molecule has 4 rings (SSSR count). The molecule has 0 saturated heterocycles. The lowest BCUT2D eigenvalue weighted by Crippen LogP contribution is -2.27.